The van der Waals surface area contributed by atoms with Crippen LogP contribution in [0.3, 0.4) is 0 Å². The second-order valence-corrected chi connectivity index (χ2v) is 9.21. The van der Waals surface area contributed by atoms with E-state index in [-0.39, 0.29) is 0 Å². The van der Waals surface area contributed by atoms with Gasteiger partial charge in [0.25, 0.3) is 0 Å². The zero-order valence-corrected chi connectivity index (χ0v) is 16.7. The molecule has 2 aliphatic carbocycles. The molecular formula is C26H16S2. The predicted octanol–water partition coefficient (Wildman–Crippen LogP) is 8.55. The Kier molecular flexibility index (Phi) is 3.61. The molecule has 0 spiro atoms. The van der Waals surface area contributed by atoms with Gasteiger partial charge in [0.15, 0.2) is 0 Å². The second-order valence-electron chi connectivity index (χ2n) is 7.04. The molecule has 0 unspecified atom stereocenters. The van der Waals surface area contributed by atoms with Gasteiger partial charge >= 0.3 is 0 Å². The standard InChI is InChI=1S/C26H16S2/c1-3-10-23-18(6-1)15-25(27-23)20-12-13-22(21-9-5-8-17(21)14-20)26-16-19-7-2-4-11-24(19)28-26/h1-16H. The summed E-state index contributed by atoms with van der Waals surface area (Å²) in [4.78, 5) is 2.65. The van der Waals surface area contributed by atoms with Crippen LogP contribution in [0, 0.1) is 0 Å². The lowest BCUT2D eigenvalue weighted by Crippen LogP contribution is -1.73. The molecule has 2 heteroatoms. The van der Waals surface area contributed by atoms with Crippen LogP contribution in [-0.4, -0.2) is 0 Å². The van der Waals surface area contributed by atoms with Crippen molar-refractivity contribution < 1.29 is 0 Å². The molecule has 28 heavy (non-hydrogen) atoms. The van der Waals surface area contributed by atoms with Crippen molar-refractivity contribution in [1.29, 1.82) is 0 Å². The molecule has 0 radical (unpaired) electrons. The highest BCUT2D eigenvalue weighted by molar-refractivity contribution is 7.22. The average molecular weight is 393 g/mol. The van der Waals surface area contributed by atoms with Gasteiger partial charge in [-0.05, 0) is 63.4 Å². The highest BCUT2D eigenvalue weighted by Crippen LogP contribution is 2.42. The molecule has 0 bridgehead atoms. The Morgan fingerprint density at radius 3 is 1.86 bits per heavy atom. The number of thiophene rings is 2. The monoisotopic (exact) mass is 392 g/mol. The molecule has 6 rings (SSSR count). The molecule has 2 aromatic carbocycles. The minimum absolute atomic E-state index is 1.28. The molecule has 2 heterocycles. The van der Waals surface area contributed by atoms with E-state index in [2.05, 4.69) is 97.1 Å². The van der Waals surface area contributed by atoms with Gasteiger partial charge in [-0.1, -0.05) is 66.7 Å². The van der Waals surface area contributed by atoms with Crippen LogP contribution in [0.5, 0.6) is 0 Å². The number of hydrogen-bond donors (Lipinski definition) is 0. The minimum Gasteiger partial charge on any atom is -0.135 e. The van der Waals surface area contributed by atoms with E-state index >= 15 is 0 Å². The lowest BCUT2D eigenvalue weighted by atomic mass is 10.1. The second kappa shape index (κ2) is 6.30. The van der Waals surface area contributed by atoms with Gasteiger partial charge in [-0.3, -0.25) is 0 Å². The van der Waals surface area contributed by atoms with E-state index in [1.807, 2.05) is 22.7 Å². The molecule has 0 atom stereocenters. The van der Waals surface area contributed by atoms with Gasteiger partial charge in [0.05, 0.1) is 0 Å². The van der Waals surface area contributed by atoms with E-state index in [0.717, 1.165) is 0 Å². The summed E-state index contributed by atoms with van der Waals surface area (Å²) in [5, 5.41) is 2.64. The molecule has 0 saturated heterocycles. The molecular weight excluding hydrogens is 376 g/mol. The molecule has 132 valence electrons. The Labute approximate surface area is 171 Å². The molecule has 0 amide bonds. The Bertz CT molecular complexity index is 1350. The van der Waals surface area contributed by atoms with Gasteiger partial charge in [-0.25, -0.2) is 0 Å². The molecule has 0 saturated carbocycles. The molecule has 0 aliphatic heterocycles. The minimum atomic E-state index is 1.28. The maximum atomic E-state index is 2.33. The lowest BCUT2D eigenvalue weighted by Gasteiger charge is -2.00. The average Bonchev–Trinajstić information content (AvgIpc) is 3.43. The molecule has 0 N–H and O–H groups in total. The van der Waals surface area contributed by atoms with Gasteiger partial charge in [0, 0.05) is 19.2 Å². The summed E-state index contributed by atoms with van der Waals surface area (Å²) in [6, 6.07) is 35.4. The number of benzene rings is 2. The fraction of sp³-hybridized carbons (Fsp3) is 0. The van der Waals surface area contributed by atoms with Crippen molar-refractivity contribution in [2.45, 2.75) is 0 Å². The number of fused-ring (bicyclic) bond motifs is 3. The number of hydrogen-bond acceptors (Lipinski definition) is 2. The normalized spacial score (nSPS) is 11.6. The van der Waals surface area contributed by atoms with Crippen LogP contribution in [-0.2, 0) is 0 Å². The summed E-state index contributed by atoms with van der Waals surface area (Å²) >= 11 is 3.74. The van der Waals surface area contributed by atoms with E-state index < -0.39 is 0 Å². The van der Waals surface area contributed by atoms with Crippen molar-refractivity contribution in [3.63, 3.8) is 0 Å². The van der Waals surface area contributed by atoms with Gasteiger partial charge < -0.3 is 0 Å². The highest BCUT2D eigenvalue weighted by atomic mass is 32.1. The molecule has 4 aromatic rings. The lowest BCUT2D eigenvalue weighted by molar-refractivity contribution is 1.80. The molecule has 0 nitrogen and oxygen atoms in total. The van der Waals surface area contributed by atoms with Crippen molar-refractivity contribution >= 4 is 42.8 Å². The van der Waals surface area contributed by atoms with Crippen LogP contribution in [0.2, 0.25) is 0 Å². The predicted molar refractivity (Wildman–Crippen MR) is 125 cm³/mol. The quantitative estimate of drug-likeness (QED) is 0.277. The van der Waals surface area contributed by atoms with Crippen LogP contribution in [0.1, 0.15) is 0 Å². The van der Waals surface area contributed by atoms with Crippen molar-refractivity contribution in [3.8, 4) is 32.0 Å². The maximum absolute atomic E-state index is 2.33. The first-order valence-electron chi connectivity index (χ1n) is 9.36. The van der Waals surface area contributed by atoms with E-state index in [0.29, 0.717) is 0 Å². The third-order valence-corrected chi connectivity index (χ3v) is 7.60. The van der Waals surface area contributed by atoms with Crippen LogP contribution >= 0.6 is 22.7 Å². The van der Waals surface area contributed by atoms with E-state index in [1.54, 1.807) is 0 Å². The van der Waals surface area contributed by atoms with Crippen LogP contribution < -0.4 is 0 Å². The first-order valence-corrected chi connectivity index (χ1v) is 11.0. The van der Waals surface area contributed by atoms with Crippen molar-refractivity contribution in [2.75, 3.05) is 0 Å². The number of rotatable bonds is 2. The molecule has 2 aromatic heterocycles. The van der Waals surface area contributed by atoms with E-state index in [9.17, 15) is 0 Å². The Morgan fingerprint density at radius 1 is 0.429 bits per heavy atom. The summed E-state index contributed by atoms with van der Waals surface area (Å²) in [5.74, 6) is 0. The van der Waals surface area contributed by atoms with Crippen molar-refractivity contribution in [1.82, 2.24) is 0 Å². The summed E-state index contributed by atoms with van der Waals surface area (Å²) in [6.07, 6.45) is 0. The topological polar surface area (TPSA) is 0 Å². The Balaban J connectivity index is 1.56. The third kappa shape index (κ3) is 2.57. The third-order valence-electron chi connectivity index (χ3n) is 5.28. The maximum Gasteiger partial charge on any atom is 0.0361 e. The van der Waals surface area contributed by atoms with Gasteiger partial charge in [0.1, 0.15) is 0 Å². The van der Waals surface area contributed by atoms with Crippen LogP contribution in [0.4, 0.5) is 0 Å². The fourth-order valence-electron chi connectivity index (χ4n) is 3.89. The van der Waals surface area contributed by atoms with Gasteiger partial charge in [-0.15, -0.1) is 22.7 Å². The molecule has 2 aliphatic rings. The Hall–Kier alpha value is -2.94. The van der Waals surface area contributed by atoms with Crippen molar-refractivity contribution in [2.24, 2.45) is 0 Å². The van der Waals surface area contributed by atoms with Gasteiger partial charge in [0.2, 0.25) is 0 Å². The molecule has 0 fully saturated rings. The van der Waals surface area contributed by atoms with E-state index in [1.165, 1.54) is 52.2 Å². The SMILES string of the molecule is c1cc2cc(-c3cc4ccccc4s3)ccc(-c3cc4ccccc4s3)c-2c1. The summed E-state index contributed by atoms with van der Waals surface area (Å²) in [7, 11) is 0. The smallest absolute Gasteiger partial charge is 0.0361 e. The van der Waals surface area contributed by atoms with E-state index in [4.69, 9.17) is 0 Å². The first-order chi connectivity index (χ1) is 13.8. The first kappa shape index (κ1) is 16.1. The van der Waals surface area contributed by atoms with Gasteiger partial charge in [-0.2, -0.15) is 0 Å². The zero-order chi connectivity index (χ0) is 18.5. The largest absolute Gasteiger partial charge is 0.135 e. The zero-order valence-electron chi connectivity index (χ0n) is 15.1. The summed E-state index contributed by atoms with van der Waals surface area (Å²) < 4.78 is 2.68. The Morgan fingerprint density at radius 2 is 1.11 bits per heavy atom. The summed E-state index contributed by atoms with van der Waals surface area (Å²) in [5.41, 5.74) is 5.21. The summed E-state index contributed by atoms with van der Waals surface area (Å²) in [6.45, 7) is 0. The van der Waals surface area contributed by atoms with Crippen LogP contribution in [0.25, 0.3) is 52.2 Å². The van der Waals surface area contributed by atoms with Crippen LogP contribution in [0.15, 0.2) is 97.1 Å². The van der Waals surface area contributed by atoms with Crippen molar-refractivity contribution in [3.05, 3.63) is 97.1 Å². The fourth-order valence-corrected chi connectivity index (χ4v) is 6.05. The highest BCUT2D eigenvalue weighted by Gasteiger charge is 2.13.